The van der Waals surface area contributed by atoms with Gasteiger partial charge in [-0.1, -0.05) is 24.3 Å². The lowest BCUT2D eigenvalue weighted by Gasteiger charge is -2.14. The maximum atomic E-state index is 13.5. The monoisotopic (exact) mass is 372 g/mol. The van der Waals surface area contributed by atoms with E-state index in [2.05, 4.69) is 10.4 Å². The summed E-state index contributed by atoms with van der Waals surface area (Å²) < 4.78 is 41.9. The molecule has 2 aromatic carbocycles. The zero-order valence-electron chi connectivity index (χ0n) is 15.0. The molecule has 1 aromatic heterocycles. The summed E-state index contributed by atoms with van der Waals surface area (Å²) in [6.07, 6.45) is -3.72. The largest absolute Gasteiger partial charge is 0.418 e. The van der Waals surface area contributed by atoms with Crippen molar-refractivity contribution in [1.29, 1.82) is 0 Å². The van der Waals surface area contributed by atoms with E-state index in [0.29, 0.717) is 12.4 Å². The molecule has 0 radical (unpaired) electrons. The maximum absolute atomic E-state index is 13.5. The summed E-state index contributed by atoms with van der Waals surface area (Å²) in [5.41, 5.74) is 2.91. The Balaban J connectivity index is 1.90. The van der Waals surface area contributed by atoms with E-state index in [4.69, 9.17) is 0 Å². The summed E-state index contributed by atoms with van der Waals surface area (Å²) in [5.74, 6) is 0.636. The van der Waals surface area contributed by atoms with E-state index in [0.717, 1.165) is 35.0 Å². The zero-order chi connectivity index (χ0) is 19.2. The molecular weight excluding hydrogens is 353 g/mol. The summed E-state index contributed by atoms with van der Waals surface area (Å²) in [4.78, 5) is 1.98. The Morgan fingerprint density at radius 2 is 1.85 bits per heavy atom. The van der Waals surface area contributed by atoms with Crippen LogP contribution in [-0.2, 0) is 12.6 Å². The highest BCUT2D eigenvalue weighted by molar-refractivity contribution is 5.75. The highest BCUT2D eigenvalue weighted by atomic mass is 19.4. The second-order valence-corrected chi connectivity index (χ2v) is 6.72. The van der Waals surface area contributed by atoms with Gasteiger partial charge in [0.05, 0.1) is 16.9 Å². The van der Waals surface area contributed by atoms with Gasteiger partial charge in [-0.05, 0) is 30.7 Å². The summed E-state index contributed by atoms with van der Waals surface area (Å²) in [6.45, 7) is 0.682. The fourth-order valence-electron chi connectivity index (χ4n) is 3.41. The lowest BCUT2D eigenvalue weighted by atomic mass is 10.1. The van der Waals surface area contributed by atoms with Gasteiger partial charge in [-0.2, -0.15) is 18.3 Å². The van der Waals surface area contributed by atoms with Crippen LogP contribution >= 0.6 is 0 Å². The van der Waals surface area contributed by atoms with Gasteiger partial charge in [0.15, 0.2) is 0 Å². The van der Waals surface area contributed by atoms with Crippen LogP contribution in [0.3, 0.4) is 0 Å². The molecular formula is C20H19F3N4. The van der Waals surface area contributed by atoms with Crippen molar-refractivity contribution < 1.29 is 13.2 Å². The molecule has 1 N–H and O–H groups in total. The minimum Gasteiger partial charge on any atom is -0.378 e. The Labute approximate surface area is 155 Å². The standard InChI is InChI=1S/C20H19F3N4/c1-26(2)14-7-5-6-13(12-14)18-15-10-11-24-19(15)27(25-18)17-9-4-3-8-16(17)20(21,22)23/h3-9,12,24H,10-11H2,1-2H3. The van der Waals surface area contributed by atoms with Crippen molar-refractivity contribution in [1.82, 2.24) is 9.78 Å². The Kier molecular flexibility index (Phi) is 4.09. The smallest absolute Gasteiger partial charge is 0.378 e. The summed E-state index contributed by atoms with van der Waals surface area (Å²) in [7, 11) is 3.90. The minimum absolute atomic E-state index is 0.0330. The van der Waals surface area contributed by atoms with Crippen molar-refractivity contribution in [2.24, 2.45) is 0 Å². The molecule has 140 valence electrons. The molecule has 4 nitrogen and oxygen atoms in total. The number of nitrogens with one attached hydrogen (secondary N) is 1. The molecule has 7 heteroatoms. The second-order valence-electron chi connectivity index (χ2n) is 6.72. The summed E-state index contributed by atoms with van der Waals surface area (Å²) in [6, 6.07) is 13.4. The summed E-state index contributed by atoms with van der Waals surface area (Å²) in [5, 5.41) is 7.78. The number of rotatable bonds is 3. The topological polar surface area (TPSA) is 33.1 Å². The van der Waals surface area contributed by atoms with Gasteiger partial charge in [0.1, 0.15) is 5.82 Å². The van der Waals surface area contributed by atoms with Gasteiger partial charge in [-0.3, -0.25) is 0 Å². The van der Waals surface area contributed by atoms with Gasteiger partial charge in [-0.25, -0.2) is 4.68 Å². The van der Waals surface area contributed by atoms with Crippen molar-refractivity contribution in [2.75, 3.05) is 30.9 Å². The third-order valence-electron chi connectivity index (χ3n) is 4.72. The second kappa shape index (κ2) is 6.33. The molecule has 4 rings (SSSR count). The first-order valence-corrected chi connectivity index (χ1v) is 8.66. The van der Waals surface area contributed by atoms with E-state index in [9.17, 15) is 13.2 Å². The minimum atomic E-state index is -4.45. The Morgan fingerprint density at radius 1 is 1.07 bits per heavy atom. The molecule has 0 spiro atoms. The average molecular weight is 372 g/mol. The van der Waals surface area contributed by atoms with E-state index in [1.54, 1.807) is 6.07 Å². The van der Waals surface area contributed by atoms with Gasteiger partial charge in [-0.15, -0.1) is 0 Å². The molecule has 0 amide bonds. The quantitative estimate of drug-likeness (QED) is 0.730. The SMILES string of the molecule is CN(C)c1cccc(-c2nn(-c3ccccc3C(F)(F)F)c3c2CCN3)c1. The van der Waals surface area contributed by atoms with Gasteiger partial charge in [0.2, 0.25) is 0 Å². The van der Waals surface area contributed by atoms with Gasteiger partial charge >= 0.3 is 6.18 Å². The molecule has 0 saturated heterocycles. The van der Waals surface area contributed by atoms with E-state index >= 15 is 0 Å². The van der Waals surface area contributed by atoms with Gasteiger partial charge in [0.25, 0.3) is 0 Å². The van der Waals surface area contributed by atoms with Crippen LogP contribution in [0.15, 0.2) is 48.5 Å². The van der Waals surface area contributed by atoms with Crippen LogP contribution in [0.5, 0.6) is 0 Å². The van der Waals surface area contributed by atoms with Crippen molar-refractivity contribution in [3.63, 3.8) is 0 Å². The van der Waals surface area contributed by atoms with Crippen LogP contribution in [0.1, 0.15) is 11.1 Å². The number of fused-ring (bicyclic) bond motifs is 1. The Hall–Kier alpha value is -2.96. The zero-order valence-corrected chi connectivity index (χ0v) is 15.0. The molecule has 27 heavy (non-hydrogen) atoms. The normalized spacial score (nSPS) is 13.4. The van der Waals surface area contributed by atoms with Crippen LogP contribution in [0, 0.1) is 0 Å². The van der Waals surface area contributed by atoms with Crippen LogP contribution in [0.4, 0.5) is 24.7 Å². The number of para-hydroxylation sites is 1. The van der Waals surface area contributed by atoms with Crippen molar-refractivity contribution in [3.05, 3.63) is 59.7 Å². The summed E-state index contributed by atoms with van der Waals surface area (Å²) >= 11 is 0. The number of halogens is 3. The van der Waals surface area contributed by atoms with Gasteiger partial charge in [0, 0.05) is 37.5 Å². The Bertz CT molecular complexity index is 989. The molecule has 0 bridgehead atoms. The van der Waals surface area contributed by atoms with Crippen LogP contribution in [-0.4, -0.2) is 30.4 Å². The van der Waals surface area contributed by atoms with Crippen molar-refractivity contribution in [3.8, 4) is 16.9 Å². The number of hydrogen-bond donors (Lipinski definition) is 1. The number of nitrogens with zero attached hydrogens (tertiary/aromatic N) is 3. The first-order valence-electron chi connectivity index (χ1n) is 8.66. The van der Waals surface area contributed by atoms with Crippen molar-refractivity contribution >= 4 is 11.5 Å². The lowest BCUT2D eigenvalue weighted by Crippen LogP contribution is -2.13. The van der Waals surface area contributed by atoms with E-state index < -0.39 is 11.7 Å². The predicted molar refractivity (Wildman–Crippen MR) is 101 cm³/mol. The molecule has 0 unspecified atom stereocenters. The highest BCUT2D eigenvalue weighted by Gasteiger charge is 2.35. The number of aromatic nitrogens is 2. The fraction of sp³-hybridized carbons (Fsp3) is 0.250. The number of alkyl halides is 3. The van der Waals surface area contributed by atoms with Crippen molar-refractivity contribution in [2.45, 2.75) is 12.6 Å². The fourth-order valence-corrected chi connectivity index (χ4v) is 3.41. The van der Waals surface area contributed by atoms with E-state index in [-0.39, 0.29) is 5.69 Å². The van der Waals surface area contributed by atoms with E-state index in [1.807, 2.05) is 43.3 Å². The first kappa shape index (κ1) is 17.5. The first-order chi connectivity index (χ1) is 12.9. The third kappa shape index (κ3) is 3.03. The van der Waals surface area contributed by atoms with Gasteiger partial charge < -0.3 is 10.2 Å². The molecule has 3 aromatic rings. The third-order valence-corrected chi connectivity index (χ3v) is 4.72. The highest BCUT2D eigenvalue weighted by Crippen LogP contribution is 2.39. The van der Waals surface area contributed by atoms with E-state index in [1.165, 1.54) is 16.8 Å². The molecule has 0 saturated carbocycles. The number of hydrogen-bond acceptors (Lipinski definition) is 3. The van der Waals surface area contributed by atoms with Crippen LogP contribution in [0.25, 0.3) is 16.9 Å². The predicted octanol–water partition coefficient (Wildman–Crippen LogP) is 4.59. The molecule has 1 aliphatic heterocycles. The van der Waals surface area contributed by atoms with Crippen LogP contribution < -0.4 is 10.2 Å². The molecule has 2 heterocycles. The maximum Gasteiger partial charge on any atom is 0.418 e. The Morgan fingerprint density at radius 3 is 2.59 bits per heavy atom. The number of anilines is 2. The lowest BCUT2D eigenvalue weighted by molar-refractivity contribution is -0.137. The van der Waals surface area contributed by atoms with Crippen LogP contribution in [0.2, 0.25) is 0 Å². The molecule has 0 atom stereocenters. The number of benzene rings is 2. The molecule has 0 aliphatic carbocycles. The molecule has 0 fully saturated rings. The average Bonchev–Trinajstić information content (AvgIpc) is 3.23. The molecule has 1 aliphatic rings.